The van der Waals surface area contributed by atoms with Gasteiger partial charge in [-0.2, -0.15) is 0 Å². The van der Waals surface area contributed by atoms with Gasteiger partial charge in [0, 0.05) is 12.1 Å². The van der Waals surface area contributed by atoms with Crippen LogP contribution in [0.2, 0.25) is 0 Å². The fourth-order valence-electron chi connectivity index (χ4n) is 2.55. The number of aliphatic carboxylic acids is 1. The first-order valence-electron chi connectivity index (χ1n) is 6.75. The summed E-state index contributed by atoms with van der Waals surface area (Å²) in [6, 6.07) is -0.337. The normalized spacial score (nSPS) is 24.9. The number of amides is 2. The lowest BCUT2D eigenvalue weighted by atomic mass is 10.0. The number of rotatable bonds is 5. The maximum absolute atomic E-state index is 11.8. The van der Waals surface area contributed by atoms with Crippen LogP contribution in [0, 0.1) is 11.8 Å². The van der Waals surface area contributed by atoms with Gasteiger partial charge in [-0.15, -0.1) is 0 Å². The number of urea groups is 1. The van der Waals surface area contributed by atoms with Gasteiger partial charge in [-0.25, -0.2) is 4.79 Å². The molecule has 5 heteroatoms. The van der Waals surface area contributed by atoms with Gasteiger partial charge >= 0.3 is 12.0 Å². The number of carbonyl (C=O) groups excluding carboxylic acids is 1. The average Bonchev–Trinajstić information content (AvgIpc) is 2.73. The van der Waals surface area contributed by atoms with Crippen LogP contribution in [0.1, 0.15) is 46.5 Å². The van der Waals surface area contributed by atoms with Gasteiger partial charge in [-0.05, 0) is 25.2 Å². The Morgan fingerprint density at radius 1 is 1.33 bits per heavy atom. The lowest BCUT2D eigenvalue weighted by Gasteiger charge is -2.23. The van der Waals surface area contributed by atoms with Crippen LogP contribution in [-0.4, -0.2) is 29.2 Å². The number of carboxylic acid groups (broad SMARTS) is 1. The molecule has 3 atom stereocenters. The molecule has 1 aliphatic carbocycles. The smallest absolute Gasteiger partial charge is 0.315 e. The molecule has 0 spiro atoms. The molecule has 3 N–H and O–H groups in total. The van der Waals surface area contributed by atoms with E-state index in [4.69, 9.17) is 5.11 Å². The van der Waals surface area contributed by atoms with Crippen molar-refractivity contribution in [2.24, 2.45) is 11.8 Å². The minimum absolute atomic E-state index is 0.134. The Labute approximate surface area is 108 Å². The van der Waals surface area contributed by atoms with Gasteiger partial charge < -0.3 is 15.7 Å². The fourth-order valence-corrected chi connectivity index (χ4v) is 2.55. The van der Waals surface area contributed by atoms with Crippen LogP contribution >= 0.6 is 0 Å². The number of hydrogen-bond acceptors (Lipinski definition) is 2. The van der Waals surface area contributed by atoms with E-state index < -0.39 is 11.9 Å². The quantitative estimate of drug-likeness (QED) is 0.703. The number of carboxylic acids is 1. The second kappa shape index (κ2) is 6.61. The molecule has 1 rings (SSSR count). The summed E-state index contributed by atoms with van der Waals surface area (Å²) in [7, 11) is 0. The second-order valence-electron chi connectivity index (χ2n) is 5.36. The molecule has 0 saturated heterocycles. The highest BCUT2D eigenvalue weighted by Gasteiger charge is 2.34. The first-order chi connectivity index (χ1) is 8.45. The number of carbonyl (C=O) groups is 2. The lowest BCUT2D eigenvalue weighted by Crippen LogP contribution is -2.49. The predicted molar refractivity (Wildman–Crippen MR) is 69.3 cm³/mol. The third kappa shape index (κ3) is 3.89. The van der Waals surface area contributed by atoms with E-state index in [1.54, 1.807) is 0 Å². The van der Waals surface area contributed by atoms with Crippen molar-refractivity contribution >= 4 is 12.0 Å². The highest BCUT2D eigenvalue weighted by molar-refractivity contribution is 5.77. The Balaban J connectivity index is 2.46. The van der Waals surface area contributed by atoms with E-state index >= 15 is 0 Å². The first-order valence-corrected chi connectivity index (χ1v) is 6.75. The molecular formula is C13H24N2O3. The van der Waals surface area contributed by atoms with Gasteiger partial charge in [0.25, 0.3) is 0 Å². The van der Waals surface area contributed by atoms with Crippen molar-refractivity contribution in [2.45, 2.75) is 58.5 Å². The largest absolute Gasteiger partial charge is 0.481 e. The zero-order chi connectivity index (χ0) is 13.7. The van der Waals surface area contributed by atoms with Crippen LogP contribution < -0.4 is 10.6 Å². The fraction of sp³-hybridized carbons (Fsp3) is 0.846. The van der Waals surface area contributed by atoms with Gasteiger partial charge in [0.2, 0.25) is 0 Å². The van der Waals surface area contributed by atoms with Crippen LogP contribution in [-0.2, 0) is 4.79 Å². The Bertz CT molecular complexity index is 305. The van der Waals surface area contributed by atoms with Crippen molar-refractivity contribution in [3.05, 3.63) is 0 Å². The maximum atomic E-state index is 11.8. The van der Waals surface area contributed by atoms with Gasteiger partial charge in [0.1, 0.15) is 0 Å². The van der Waals surface area contributed by atoms with E-state index in [0.717, 1.165) is 19.3 Å². The average molecular weight is 256 g/mol. The molecule has 0 aromatic rings. The minimum Gasteiger partial charge on any atom is -0.481 e. The summed E-state index contributed by atoms with van der Waals surface area (Å²) in [4.78, 5) is 22.8. The lowest BCUT2D eigenvalue weighted by molar-refractivity contribution is -0.142. The van der Waals surface area contributed by atoms with Crippen LogP contribution in [0.4, 0.5) is 4.79 Å². The summed E-state index contributed by atoms with van der Waals surface area (Å²) in [6.07, 6.45) is 3.14. The highest BCUT2D eigenvalue weighted by Crippen LogP contribution is 2.25. The first kappa shape index (κ1) is 14.8. The summed E-state index contributed by atoms with van der Waals surface area (Å²) >= 11 is 0. The van der Waals surface area contributed by atoms with Crippen molar-refractivity contribution < 1.29 is 14.7 Å². The van der Waals surface area contributed by atoms with Gasteiger partial charge in [-0.1, -0.05) is 27.2 Å². The van der Waals surface area contributed by atoms with Crippen LogP contribution in [0.5, 0.6) is 0 Å². The SMILES string of the molecule is CCC(NC(=O)NC1CCCC1C(=O)O)C(C)C. The third-order valence-corrected chi connectivity index (χ3v) is 3.71. The standard InChI is InChI=1S/C13H24N2O3/c1-4-10(8(2)3)14-13(18)15-11-7-5-6-9(11)12(16)17/h8-11H,4-7H2,1-3H3,(H,16,17)(H2,14,15,18). The van der Waals surface area contributed by atoms with E-state index in [9.17, 15) is 9.59 Å². The van der Waals surface area contributed by atoms with Gasteiger partial charge in [-0.3, -0.25) is 4.79 Å². The summed E-state index contributed by atoms with van der Waals surface area (Å²) in [5.74, 6) is -0.872. The summed E-state index contributed by atoms with van der Waals surface area (Å²) in [5.41, 5.74) is 0. The number of hydrogen-bond donors (Lipinski definition) is 3. The molecule has 0 aliphatic heterocycles. The molecule has 2 amide bonds. The predicted octanol–water partition coefficient (Wildman–Crippen LogP) is 1.97. The zero-order valence-electron chi connectivity index (χ0n) is 11.4. The molecule has 18 heavy (non-hydrogen) atoms. The van der Waals surface area contributed by atoms with Crippen molar-refractivity contribution in [1.82, 2.24) is 10.6 Å². The van der Waals surface area contributed by atoms with E-state index in [0.29, 0.717) is 12.3 Å². The molecular weight excluding hydrogens is 232 g/mol. The Morgan fingerprint density at radius 3 is 2.50 bits per heavy atom. The molecule has 104 valence electrons. The van der Waals surface area contributed by atoms with Crippen molar-refractivity contribution in [1.29, 1.82) is 0 Å². The van der Waals surface area contributed by atoms with Crippen LogP contribution in [0.3, 0.4) is 0 Å². The molecule has 5 nitrogen and oxygen atoms in total. The molecule has 0 aromatic carbocycles. The summed E-state index contributed by atoms with van der Waals surface area (Å²) < 4.78 is 0. The Kier molecular flexibility index (Phi) is 5.44. The molecule has 1 aliphatic rings. The second-order valence-corrected chi connectivity index (χ2v) is 5.36. The van der Waals surface area contributed by atoms with E-state index in [1.807, 2.05) is 6.92 Å². The maximum Gasteiger partial charge on any atom is 0.315 e. The van der Waals surface area contributed by atoms with Gasteiger partial charge in [0.05, 0.1) is 5.92 Å². The minimum atomic E-state index is -0.811. The van der Waals surface area contributed by atoms with Crippen LogP contribution in [0.15, 0.2) is 0 Å². The summed E-state index contributed by atoms with van der Waals surface area (Å²) in [5, 5.41) is 14.7. The molecule has 0 aromatic heterocycles. The topological polar surface area (TPSA) is 78.4 Å². The van der Waals surface area contributed by atoms with Gasteiger partial charge in [0.15, 0.2) is 0 Å². The van der Waals surface area contributed by atoms with Crippen molar-refractivity contribution in [3.8, 4) is 0 Å². The molecule has 1 saturated carbocycles. The van der Waals surface area contributed by atoms with E-state index in [2.05, 4.69) is 24.5 Å². The van der Waals surface area contributed by atoms with Crippen LogP contribution in [0.25, 0.3) is 0 Å². The van der Waals surface area contributed by atoms with Crippen molar-refractivity contribution in [2.75, 3.05) is 0 Å². The number of nitrogens with one attached hydrogen (secondary N) is 2. The third-order valence-electron chi connectivity index (χ3n) is 3.71. The highest BCUT2D eigenvalue weighted by atomic mass is 16.4. The molecule has 0 bridgehead atoms. The van der Waals surface area contributed by atoms with E-state index in [1.165, 1.54) is 0 Å². The Morgan fingerprint density at radius 2 is 2.00 bits per heavy atom. The molecule has 0 heterocycles. The molecule has 1 fully saturated rings. The van der Waals surface area contributed by atoms with Crippen molar-refractivity contribution in [3.63, 3.8) is 0 Å². The monoisotopic (exact) mass is 256 g/mol. The zero-order valence-corrected chi connectivity index (χ0v) is 11.4. The Hall–Kier alpha value is -1.26. The van der Waals surface area contributed by atoms with E-state index in [-0.39, 0.29) is 18.1 Å². The molecule has 0 radical (unpaired) electrons. The summed E-state index contributed by atoms with van der Waals surface area (Å²) in [6.45, 7) is 6.15. The molecule has 3 unspecified atom stereocenters.